The summed E-state index contributed by atoms with van der Waals surface area (Å²) in [7, 11) is -3.54. The van der Waals surface area contributed by atoms with E-state index in [4.69, 9.17) is 11.6 Å². The van der Waals surface area contributed by atoms with E-state index >= 15 is 0 Å². The van der Waals surface area contributed by atoms with Crippen LogP contribution in [0.25, 0.3) is 0 Å². The Morgan fingerprint density at radius 2 is 1.85 bits per heavy atom. The van der Waals surface area contributed by atoms with Gasteiger partial charge < -0.3 is 5.32 Å². The number of amides is 1. The zero-order valence-electron chi connectivity index (χ0n) is 14.3. The summed E-state index contributed by atoms with van der Waals surface area (Å²) in [6, 6.07) is 12.9. The van der Waals surface area contributed by atoms with Gasteiger partial charge in [-0.2, -0.15) is 4.31 Å². The average Bonchev–Trinajstić information content (AvgIpc) is 2.57. The minimum Gasteiger partial charge on any atom is -0.351 e. The fourth-order valence-electron chi connectivity index (χ4n) is 2.33. The van der Waals surface area contributed by atoms with E-state index in [0.29, 0.717) is 11.4 Å². The summed E-state index contributed by atoms with van der Waals surface area (Å²) in [6.07, 6.45) is 1.51. The average molecular weight is 399 g/mol. The number of carbonyl (C=O) groups is 1. The van der Waals surface area contributed by atoms with Crippen molar-refractivity contribution in [2.24, 2.45) is 0 Å². The summed E-state index contributed by atoms with van der Waals surface area (Å²) in [5, 5.41) is 3.21. The van der Waals surface area contributed by atoms with Gasteiger partial charge in [0.2, 0.25) is 15.9 Å². The molecule has 1 N–H and O–H groups in total. The number of hydrogen-bond acceptors (Lipinski definition) is 3. The number of rotatable bonds is 8. The molecule has 0 aliphatic carbocycles. The zero-order chi connectivity index (χ0) is 19.2. The highest BCUT2D eigenvalue weighted by Gasteiger charge is 2.19. The molecule has 140 valence electrons. The van der Waals surface area contributed by atoms with E-state index in [1.54, 1.807) is 30.3 Å². The molecule has 0 fully saturated rings. The van der Waals surface area contributed by atoms with Gasteiger partial charge in [0, 0.05) is 18.1 Å². The topological polar surface area (TPSA) is 66.5 Å². The van der Waals surface area contributed by atoms with Crippen LogP contribution in [0, 0.1) is 5.82 Å². The summed E-state index contributed by atoms with van der Waals surface area (Å²) < 4.78 is 37.9. The molecule has 0 radical (unpaired) electrons. The molecular formula is C18H20ClFN2O3S. The fourth-order valence-corrected chi connectivity index (χ4v) is 3.31. The summed E-state index contributed by atoms with van der Waals surface area (Å²) in [4.78, 5) is 12.1. The summed E-state index contributed by atoms with van der Waals surface area (Å²) in [5.41, 5.74) is 1.61. The summed E-state index contributed by atoms with van der Waals surface area (Å²) in [6.45, 7) is 0.0920. The standard InChI is InChI=1S/C18H20ClFN2O3S/c1-26(24,25)22(10-9-14-3-2-4-16(19)11-14)13-18(23)21-12-15-5-7-17(20)8-6-15/h2-8,11H,9-10,12-13H2,1H3,(H,21,23). The summed E-state index contributed by atoms with van der Waals surface area (Å²) in [5.74, 6) is -0.782. The Hall–Kier alpha value is -1.96. The molecule has 0 saturated carbocycles. The Morgan fingerprint density at radius 3 is 2.46 bits per heavy atom. The highest BCUT2D eigenvalue weighted by atomic mass is 35.5. The minimum atomic E-state index is -3.54. The molecule has 0 spiro atoms. The molecular weight excluding hydrogens is 379 g/mol. The molecule has 0 aliphatic heterocycles. The van der Waals surface area contributed by atoms with Gasteiger partial charge >= 0.3 is 0 Å². The maximum Gasteiger partial charge on any atom is 0.235 e. The van der Waals surface area contributed by atoms with Crippen LogP contribution in [0.4, 0.5) is 4.39 Å². The lowest BCUT2D eigenvalue weighted by Crippen LogP contribution is -2.41. The molecule has 0 atom stereocenters. The first-order chi connectivity index (χ1) is 12.2. The first-order valence-electron chi connectivity index (χ1n) is 7.95. The predicted molar refractivity (Wildman–Crippen MR) is 99.8 cm³/mol. The Bertz CT molecular complexity index is 857. The van der Waals surface area contributed by atoms with E-state index < -0.39 is 15.9 Å². The van der Waals surface area contributed by atoms with Crippen molar-refractivity contribution >= 4 is 27.5 Å². The van der Waals surface area contributed by atoms with Crippen LogP contribution >= 0.6 is 11.6 Å². The van der Waals surface area contributed by atoms with Gasteiger partial charge in [0.25, 0.3) is 0 Å². The van der Waals surface area contributed by atoms with Gasteiger partial charge in [-0.05, 0) is 41.8 Å². The predicted octanol–water partition coefficient (Wildman–Crippen LogP) is 2.60. The highest BCUT2D eigenvalue weighted by molar-refractivity contribution is 7.88. The number of nitrogens with one attached hydrogen (secondary N) is 1. The number of hydrogen-bond donors (Lipinski definition) is 1. The van der Waals surface area contributed by atoms with Crippen LogP contribution < -0.4 is 5.32 Å². The number of halogens is 2. The molecule has 0 aromatic heterocycles. The highest BCUT2D eigenvalue weighted by Crippen LogP contribution is 2.12. The van der Waals surface area contributed by atoms with Gasteiger partial charge in [0.15, 0.2) is 0 Å². The van der Waals surface area contributed by atoms with Crippen molar-refractivity contribution in [2.75, 3.05) is 19.3 Å². The first-order valence-corrected chi connectivity index (χ1v) is 10.2. The lowest BCUT2D eigenvalue weighted by Gasteiger charge is -2.19. The molecule has 0 aliphatic rings. The van der Waals surface area contributed by atoms with Gasteiger partial charge in [-0.25, -0.2) is 12.8 Å². The molecule has 26 heavy (non-hydrogen) atoms. The van der Waals surface area contributed by atoms with Gasteiger partial charge in [0.05, 0.1) is 12.8 Å². The number of sulfonamides is 1. The first kappa shape index (κ1) is 20.4. The lowest BCUT2D eigenvalue weighted by molar-refractivity contribution is -0.121. The van der Waals surface area contributed by atoms with Crippen LogP contribution in [0.1, 0.15) is 11.1 Å². The Kier molecular flexibility index (Phi) is 7.14. The molecule has 0 bridgehead atoms. The number of benzene rings is 2. The van der Waals surface area contributed by atoms with Crippen molar-refractivity contribution in [3.8, 4) is 0 Å². The van der Waals surface area contributed by atoms with Crippen molar-refractivity contribution in [1.82, 2.24) is 9.62 Å². The molecule has 0 unspecified atom stereocenters. The third-order valence-electron chi connectivity index (χ3n) is 3.73. The van der Waals surface area contributed by atoms with E-state index in [9.17, 15) is 17.6 Å². The zero-order valence-corrected chi connectivity index (χ0v) is 15.9. The molecule has 0 saturated heterocycles. The molecule has 8 heteroatoms. The minimum absolute atomic E-state index is 0.170. The van der Waals surface area contributed by atoms with E-state index in [-0.39, 0.29) is 25.5 Å². The second kappa shape index (κ2) is 9.12. The van der Waals surface area contributed by atoms with Gasteiger partial charge in [-0.3, -0.25) is 4.79 Å². The van der Waals surface area contributed by atoms with Crippen LogP contribution in [-0.2, 0) is 27.8 Å². The smallest absolute Gasteiger partial charge is 0.235 e. The third kappa shape index (κ3) is 6.74. The molecule has 5 nitrogen and oxygen atoms in total. The van der Waals surface area contributed by atoms with E-state index in [2.05, 4.69) is 5.32 Å². The third-order valence-corrected chi connectivity index (χ3v) is 5.22. The van der Waals surface area contributed by atoms with E-state index in [0.717, 1.165) is 21.7 Å². The van der Waals surface area contributed by atoms with E-state index in [1.165, 1.54) is 12.1 Å². The van der Waals surface area contributed by atoms with Gasteiger partial charge in [-0.1, -0.05) is 35.9 Å². The second-order valence-electron chi connectivity index (χ2n) is 5.88. The van der Waals surface area contributed by atoms with Gasteiger partial charge in [-0.15, -0.1) is 0 Å². The fraction of sp³-hybridized carbons (Fsp3) is 0.278. The molecule has 2 aromatic carbocycles. The second-order valence-corrected chi connectivity index (χ2v) is 8.30. The Balaban J connectivity index is 1.92. The number of carbonyl (C=O) groups excluding carboxylic acids is 1. The van der Waals surface area contributed by atoms with Crippen molar-refractivity contribution in [3.05, 3.63) is 70.5 Å². The van der Waals surface area contributed by atoms with Crippen molar-refractivity contribution < 1.29 is 17.6 Å². The normalized spacial score (nSPS) is 11.5. The Morgan fingerprint density at radius 1 is 1.15 bits per heavy atom. The van der Waals surface area contributed by atoms with Crippen LogP contribution in [-0.4, -0.2) is 38.0 Å². The number of nitrogens with zero attached hydrogens (tertiary/aromatic N) is 1. The largest absolute Gasteiger partial charge is 0.351 e. The molecule has 1 amide bonds. The SMILES string of the molecule is CS(=O)(=O)N(CCc1cccc(Cl)c1)CC(=O)NCc1ccc(F)cc1. The summed E-state index contributed by atoms with van der Waals surface area (Å²) >= 11 is 5.92. The quantitative estimate of drug-likeness (QED) is 0.743. The van der Waals surface area contributed by atoms with Crippen LogP contribution in [0.3, 0.4) is 0 Å². The van der Waals surface area contributed by atoms with Gasteiger partial charge in [0.1, 0.15) is 5.82 Å². The maximum absolute atomic E-state index is 12.9. The van der Waals surface area contributed by atoms with Crippen molar-refractivity contribution in [3.63, 3.8) is 0 Å². The Labute approximate surface area is 157 Å². The van der Waals surface area contributed by atoms with Crippen LogP contribution in [0.5, 0.6) is 0 Å². The molecule has 2 rings (SSSR count). The van der Waals surface area contributed by atoms with Crippen LogP contribution in [0.2, 0.25) is 5.02 Å². The monoisotopic (exact) mass is 398 g/mol. The van der Waals surface area contributed by atoms with Crippen LogP contribution in [0.15, 0.2) is 48.5 Å². The molecule has 0 heterocycles. The van der Waals surface area contributed by atoms with E-state index in [1.807, 2.05) is 6.07 Å². The molecule has 2 aromatic rings. The maximum atomic E-state index is 12.9. The lowest BCUT2D eigenvalue weighted by atomic mass is 10.1. The van der Waals surface area contributed by atoms with Crippen molar-refractivity contribution in [1.29, 1.82) is 0 Å². The van der Waals surface area contributed by atoms with Crippen molar-refractivity contribution in [2.45, 2.75) is 13.0 Å².